The normalized spacial score (nSPS) is 16.4. The number of benzene rings is 2. The Bertz CT molecular complexity index is 1010. The van der Waals surface area contributed by atoms with Gasteiger partial charge in [-0.25, -0.2) is 0 Å². The predicted octanol–water partition coefficient (Wildman–Crippen LogP) is 3.58. The van der Waals surface area contributed by atoms with Crippen molar-refractivity contribution in [1.82, 2.24) is 5.01 Å². The van der Waals surface area contributed by atoms with E-state index in [2.05, 4.69) is 5.10 Å². The third kappa shape index (κ3) is 2.67. The van der Waals surface area contributed by atoms with Gasteiger partial charge in [-0.1, -0.05) is 18.2 Å². The number of hydrogen-bond acceptors (Lipinski definition) is 6. The molecule has 1 aromatic heterocycles. The molecule has 0 bridgehead atoms. The number of rotatable bonds is 3. The average Bonchev–Trinajstić information content (AvgIpc) is 3.26. The van der Waals surface area contributed by atoms with Crippen molar-refractivity contribution in [1.29, 1.82) is 0 Å². The number of ether oxygens (including phenoxy) is 1. The summed E-state index contributed by atoms with van der Waals surface area (Å²) in [5.41, 5.74) is 1.21. The molecule has 1 aliphatic rings. The minimum absolute atomic E-state index is 0.0421. The van der Waals surface area contributed by atoms with E-state index in [1.54, 1.807) is 6.07 Å². The molecule has 130 valence electrons. The first-order chi connectivity index (χ1) is 12.5. The molecule has 1 atom stereocenters. The second-order valence-electron chi connectivity index (χ2n) is 5.74. The third-order valence-corrected chi connectivity index (χ3v) is 3.99. The number of non-ortho nitro benzene ring substituents is 1. The van der Waals surface area contributed by atoms with Crippen molar-refractivity contribution in [3.8, 4) is 0 Å². The molecular weight excluding hydrogens is 338 g/mol. The number of carbonyl (C=O) groups is 1. The first kappa shape index (κ1) is 15.8. The lowest BCUT2D eigenvalue weighted by molar-refractivity contribution is -0.384. The Morgan fingerprint density at radius 1 is 1.19 bits per heavy atom. The summed E-state index contributed by atoms with van der Waals surface area (Å²) < 4.78 is 11.6. The second kappa shape index (κ2) is 5.99. The summed E-state index contributed by atoms with van der Waals surface area (Å²) >= 11 is 0. The van der Waals surface area contributed by atoms with Crippen LogP contribution in [0.4, 0.5) is 5.69 Å². The molecule has 0 radical (unpaired) electrons. The van der Waals surface area contributed by atoms with Crippen LogP contribution in [0.15, 0.2) is 64.1 Å². The van der Waals surface area contributed by atoms with Gasteiger partial charge in [-0.15, -0.1) is 5.10 Å². The predicted molar refractivity (Wildman–Crippen MR) is 92.2 cm³/mol. The van der Waals surface area contributed by atoms with Crippen molar-refractivity contribution in [2.75, 3.05) is 0 Å². The number of furan rings is 1. The summed E-state index contributed by atoms with van der Waals surface area (Å²) in [5, 5.41) is 17.1. The molecular formula is C18H13N3O5. The Morgan fingerprint density at radius 3 is 2.58 bits per heavy atom. The topological polar surface area (TPSA) is 98.2 Å². The maximum Gasteiger partial charge on any atom is 0.277 e. The second-order valence-corrected chi connectivity index (χ2v) is 5.74. The lowest BCUT2D eigenvalue weighted by Crippen LogP contribution is -2.25. The molecule has 0 N–H and O–H groups in total. The van der Waals surface area contributed by atoms with Crippen LogP contribution >= 0.6 is 0 Å². The van der Waals surface area contributed by atoms with Gasteiger partial charge in [0.05, 0.1) is 4.92 Å². The molecule has 1 aliphatic heterocycles. The van der Waals surface area contributed by atoms with Crippen LogP contribution in [0.25, 0.3) is 11.0 Å². The highest BCUT2D eigenvalue weighted by Gasteiger charge is 2.34. The summed E-state index contributed by atoms with van der Waals surface area (Å²) in [6.45, 7) is 1.37. The first-order valence-electron chi connectivity index (χ1n) is 7.81. The van der Waals surface area contributed by atoms with E-state index < -0.39 is 11.2 Å². The third-order valence-electron chi connectivity index (χ3n) is 3.99. The molecule has 2 heterocycles. The van der Waals surface area contributed by atoms with Gasteiger partial charge in [0.25, 0.3) is 11.6 Å². The van der Waals surface area contributed by atoms with Crippen molar-refractivity contribution >= 4 is 28.5 Å². The quantitative estimate of drug-likeness (QED) is 0.530. The Kier molecular flexibility index (Phi) is 3.65. The van der Waals surface area contributed by atoms with Crippen molar-refractivity contribution in [2.45, 2.75) is 13.2 Å². The minimum Gasteiger partial charge on any atom is -0.451 e. The van der Waals surface area contributed by atoms with Crippen LogP contribution in [-0.2, 0) is 9.53 Å². The zero-order chi connectivity index (χ0) is 18.3. The molecule has 3 aromatic rings. The number of hydrazone groups is 1. The number of para-hydroxylation sites is 1. The fourth-order valence-corrected chi connectivity index (χ4v) is 2.73. The van der Waals surface area contributed by atoms with Gasteiger partial charge in [-0.2, -0.15) is 5.01 Å². The number of fused-ring (bicyclic) bond motifs is 1. The monoisotopic (exact) mass is 351 g/mol. The highest BCUT2D eigenvalue weighted by Crippen LogP contribution is 2.32. The van der Waals surface area contributed by atoms with Crippen LogP contribution in [0.3, 0.4) is 0 Å². The average molecular weight is 351 g/mol. The fraction of sp³-hybridized carbons (Fsp3) is 0.111. The molecule has 4 rings (SSSR count). The molecule has 0 spiro atoms. The Labute approximate surface area is 147 Å². The van der Waals surface area contributed by atoms with Gasteiger partial charge in [0.15, 0.2) is 5.76 Å². The highest BCUT2D eigenvalue weighted by atomic mass is 16.6. The minimum atomic E-state index is -0.809. The Hall–Kier alpha value is -3.68. The number of hydrogen-bond donors (Lipinski definition) is 0. The van der Waals surface area contributed by atoms with Crippen LogP contribution in [0.2, 0.25) is 0 Å². The Morgan fingerprint density at radius 2 is 1.92 bits per heavy atom. The first-order valence-corrected chi connectivity index (χ1v) is 7.81. The molecule has 0 saturated heterocycles. The SMILES string of the molecule is CC(=O)N1N=C(c2cc3ccccc3o2)OC1c1ccc([N+](=O)[O-])cc1. The van der Waals surface area contributed by atoms with E-state index in [0.29, 0.717) is 16.9 Å². The fourth-order valence-electron chi connectivity index (χ4n) is 2.73. The maximum absolute atomic E-state index is 12.0. The van der Waals surface area contributed by atoms with Gasteiger partial charge in [-0.05, 0) is 24.3 Å². The van der Waals surface area contributed by atoms with Gasteiger partial charge in [0.2, 0.25) is 12.1 Å². The molecule has 1 unspecified atom stereocenters. The number of nitrogens with zero attached hydrogens (tertiary/aromatic N) is 3. The lowest BCUT2D eigenvalue weighted by Gasteiger charge is -2.18. The van der Waals surface area contributed by atoms with Crippen LogP contribution in [-0.4, -0.2) is 21.7 Å². The van der Waals surface area contributed by atoms with Gasteiger partial charge in [0, 0.05) is 30.0 Å². The molecule has 0 aliphatic carbocycles. The Balaban J connectivity index is 1.67. The van der Waals surface area contributed by atoms with Crippen LogP contribution in [0.5, 0.6) is 0 Å². The molecule has 26 heavy (non-hydrogen) atoms. The van der Waals surface area contributed by atoms with Crippen molar-refractivity contribution < 1.29 is 18.9 Å². The molecule has 2 aromatic carbocycles. The van der Waals surface area contributed by atoms with E-state index in [1.165, 1.54) is 36.2 Å². The number of carbonyl (C=O) groups excluding carboxylic acids is 1. The summed E-state index contributed by atoms with van der Waals surface area (Å²) in [6, 6.07) is 15.0. The number of amides is 1. The lowest BCUT2D eigenvalue weighted by atomic mass is 10.2. The summed E-state index contributed by atoms with van der Waals surface area (Å²) in [6.07, 6.45) is -0.809. The zero-order valence-electron chi connectivity index (χ0n) is 13.7. The summed E-state index contributed by atoms with van der Waals surface area (Å²) in [7, 11) is 0. The largest absolute Gasteiger partial charge is 0.451 e. The van der Waals surface area contributed by atoms with E-state index in [0.717, 1.165) is 5.39 Å². The van der Waals surface area contributed by atoms with Gasteiger partial charge < -0.3 is 9.15 Å². The van der Waals surface area contributed by atoms with Crippen LogP contribution < -0.4 is 0 Å². The summed E-state index contributed by atoms with van der Waals surface area (Å²) in [5.74, 6) is 0.265. The molecule has 8 heteroatoms. The molecule has 8 nitrogen and oxygen atoms in total. The van der Waals surface area contributed by atoms with E-state index in [4.69, 9.17) is 9.15 Å². The molecule has 0 fully saturated rings. The van der Waals surface area contributed by atoms with E-state index in [1.807, 2.05) is 24.3 Å². The van der Waals surface area contributed by atoms with E-state index in [9.17, 15) is 14.9 Å². The van der Waals surface area contributed by atoms with Crippen LogP contribution in [0.1, 0.15) is 24.5 Å². The standard InChI is InChI=1S/C18H13N3O5/c1-11(22)20-18(12-6-8-14(9-7-12)21(23)24)26-17(19-20)16-10-13-4-2-3-5-15(13)25-16/h2-10,18H,1H3. The van der Waals surface area contributed by atoms with Crippen molar-refractivity contribution in [2.24, 2.45) is 5.10 Å². The number of nitro benzene ring substituents is 1. The summed E-state index contributed by atoms with van der Waals surface area (Å²) in [4.78, 5) is 22.3. The van der Waals surface area contributed by atoms with Gasteiger partial charge in [0.1, 0.15) is 5.58 Å². The van der Waals surface area contributed by atoms with E-state index >= 15 is 0 Å². The van der Waals surface area contributed by atoms with Gasteiger partial charge >= 0.3 is 0 Å². The van der Waals surface area contributed by atoms with Gasteiger partial charge in [-0.3, -0.25) is 14.9 Å². The van der Waals surface area contributed by atoms with Crippen molar-refractivity contribution in [3.63, 3.8) is 0 Å². The van der Waals surface area contributed by atoms with Crippen LogP contribution in [0, 0.1) is 10.1 Å². The van der Waals surface area contributed by atoms with E-state index in [-0.39, 0.29) is 17.5 Å². The van der Waals surface area contributed by atoms with Crippen molar-refractivity contribution in [3.05, 3.63) is 76.0 Å². The maximum atomic E-state index is 12.0. The highest BCUT2D eigenvalue weighted by molar-refractivity contribution is 5.97. The number of nitro groups is 1. The zero-order valence-corrected chi connectivity index (χ0v) is 13.7. The molecule has 1 amide bonds. The molecule has 0 saturated carbocycles. The smallest absolute Gasteiger partial charge is 0.277 e.